The van der Waals surface area contributed by atoms with E-state index >= 15 is 0 Å². The van der Waals surface area contributed by atoms with Gasteiger partial charge in [0.1, 0.15) is 0 Å². The molecule has 1 rings (SSSR count). The summed E-state index contributed by atoms with van der Waals surface area (Å²) in [6, 6.07) is 0. The van der Waals surface area contributed by atoms with E-state index in [1.54, 1.807) is 0 Å². The second-order valence-electron chi connectivity index (χ2n) is 5.21. The van der Waals surface area contributed by atoms with Crippen molar-refractivity contribution in [3.8, 4) is 5.88 Å². The van der Waals surface area contributed by atoms with Crippen LogP contribution in [0.5, 0.6) is 5.88 Å². The summed E-state index contributed by atoms with van der Waals surface area (Å²) in [6.07, 6.45) is 0.753. The predicted molar refractivity (Wildman–Crippen MR) is 71.5 cm³/mol. The number of hydrogen-bond donors (Lipinski definition) is 1. The summed E-state index contributed by atoms with van der Waals surface area (Å²) < 4.78 is 1.32. The van der Waals surface area contributed by atoms with Crippen LogP contribution in [0.15, 0.2) is 4.79 Å². The second kappa shape index (κ2) is 4.84. The molecule has 0 aliphatic rings. The summed E-state index contributed by atoms with van der Waals surface area (Å²) >= 11 is 2.51. The summed E-state index contributed by atoms with van der Waals surface area (Å²) in [5.41, 5.74) is 0. The van der Waals surface area contributed by atoms with Crippen molar-refractivity contribution >= 4 is 23.3 Å². The fraction of sp³-hybridized carbons (Fsp3) is 0.727. The Bertz CT molecular complexity index is 413. The molecule has 1 aromatic rings. The minimum Gasteiger partial charge on any atom is -0.493 e. The Hall–Kier alpha value is -0.420. The maximum atomic E-state index is 11.7. The Morgan fingerprint density at radius 2 is 2.00 bits per heavy atom. The quantitative estimate of drug-likeness (QED) is 0.909. The lowest BCUT2D eigenvalue weighted by Crippen LogP contribution is -2.16. The van der Waals surface area contributed by atoms with Gasteiger partial charge in [-0.15, -0.1) is 0 Å². The van der Waals surface area contributed by atoms with Gasteiger partial charge in [0, 0.05) is 4.75 Å². The zero-order valence-corrected chi connectivity index (χ0v) is 12.0. The Balaban J connectivity index is 3.03. The monoisotopic (exact) mass is 261 g/mol. The van der Waals surface area contributed by atoms with E-state index in [1.165, 1.54) is 15.9 Å². The predicted octanol–water partition coefficient (Wildman–Crippen LogP) is 3.11. The molecular weight excluding hydrogens is 242 g/mol. The van der Waals surface area contributed by atoms with Crippen LogP contribution >= 0.6 is 23.3 Å². The first-order valence-corrected chi connectivity index (χ1v) is 6.93. The zero-order chi connectivity index (χ0) is 12.5. The van der Waals surface area contributed by atoms with Gasteiger partial charge in [-0.25, -0.2) is 3.97 Å². The third-order valence-electron chi connectivity index (χ3n) is 1.78. The van der Waals surface area contributed by atoms with Crippen molar-refractivity contribution in [1.82, 2.24) is 3.97 Å². The van der Waals surface area contributed by atoms with Crippen LogP contribution in [-0.4, -0.2) is 13.8 Å². The lowest BCUT2D eigenvalue weighted by atomic mass is 10.1. The molecule has 0 aromatic carbocycles. The van der Waals surface area contributed by atoms with Crippen LogP contribution in [0, 0.1) is 5.92 Å². The molecule has 1 N–H and O–H groups in total. The standard InChI is InChI=1S/C11H19NO2S2/c1-7(2)6-8-9(13)12(10(14)15-8)16-11(3,4)5/h7,13H,6H2,1-5H3. The van der Waals surface area contributed by atoms with Gasteiger partial charge in [-0.1, -0.05) is 25.2 Å². The van der Waals surface area contributed by atoms with Gasteiger partial charge in [0.05, 0.1) is 4.88 Å². The number of rotatable bonds is 3. The SMILES string of the molecule is CC(C)Cc1sc(=O)n(SC(C)(C)C)c1O. The van der Waals surface area contributed by atoms with Crippen molar-refractivity contribution in [1.29, 1.82) is 0 Å². The van der Waals surface area contributed by atoms with Gasteiger partial charge in [-0.3, -0.25) is 4.79 Å². The fourth-order valence-corrected chi connectivity index (χ4v) is 3.33. The second-order valence-corrected chi connectivity index (χ2v) is 8.03. The highest BCUT2D eigenvalue weighted by molar-refractivity contribution is 7.99. The van der Waals surface area contributed by atoms with E-state index in [0.29, 0.717) is 5.92 Å². The third-order valence-corrected chi connectivity index (χ3v) is 3.91. The molecule has 1 heterocycles. The van der Waals surface area contributed by atoms with Crippen molar-refractivity contribution in [3.63, 3.8) is 0 Å². The average Bonchev–Trinajstić information content (AvgIpc) is 2.29. The number of thiazole rings is 1. The molecule has 5 heteroatoms. The number of aromatic nitrogens is 1. The molecule has 0 bridgehead atoms. The van der Waals surface area contributed by atoms with Crippen LogP contribution in [0.3, 0.4) is 0 Å². The Morgan fingerprint density at radius 3 is 2.44 bits per heavy atom. The first-order valence-electron chi connectivity index (χ1n) is 5.34. The van der Waals surface area contributed by atoms with E-state index in [1.807, 2.05) is 20.8 Å². The summed E-state index contributed by atoms with van der Waals surface area (Å²) in [5, 5.41) is 9.97. The van der Waals surface area contributed by atoms with Gasteiger partial charge in [-0.2, -0.15) is 0 Å². The van der Waals surface area contributed by atoms with Crippen LogP contribution in [0.2, 0.25) is 0 Å². The largest absolute Gasteiger partial charge is 0.493 e. The first-order chi connectivity index (χ1) is 7.20. The molecule has 0 aliphatic carbocycles. The highest BCUT2D eigenvalue weighted by Gasteiger charge is 2.20. The van der Waals surface area contributed by atoms with Crippen molar-refractivity contribution < 1.29 is 5.11 Å². The molecule has 0 saturated carbocycles. The molecule has 0 atom stereocenters. The smallest absolute Gasteiger partial charge is 0.320 e. The first kappa shape index (κ1) is 13.6. The minimum atomic E-state index is -0.0897. The van der Waals surface area contributed by atoms with Gasteiger partial charge >= 0.3 is 4.87 Å². The number of nitrogens with zero attached hydrogens (tertiary/aromatic N) is 1. The van der Waals surface area contributed by atoms with Gasteiger partial charge in [-0.05, 0) is 45.1 Å². The van der Waals surface area contributed by atoms with Crippen LogP contribution < -0.4 is 4.87 Å². The molecule has 0 radical (unpaired) electrons. The van der Waals surface area contributed by atoms with Crippen molar-refractivity contribution in [2.45, 2.75) is 45.8 Å². The third kappa shape index (κ3) is 3.56. The van der Waals surface area contributed by atoms with Crippen molar-refractivity contribution in [3.05, 3.63) is 14.5 Å². The molecule has 0 amide bonds. The van der Waals surface area contributed by atoms with E-state index in [0.717, 1.165) is 22.6 Å². The molecular formula is C11H19NO2S2. The van der Waals surface area contributed by atoms with Crippen LogP contribution in [0.1, 0.15) is 39.5 Å². The molecule has 1 aromatic heterocycles. The molecule has 0 unspecified atom stereocenters. The average molecular weight is 261 g/mol. The van der Waals surface area contributed by atoms with Crippen LogP contribution in [0.25, 0.3) is 0 Å². The van der Waals surface area contributed by atoms with E-state index in [9.17, 15) is 9.90 Å². The van der Waals surface area contributed by atoms with Crippen LogP contribution in [0.4, 0.5) is 0 Å². The van der Waals surface area contributed by atoms with Crippen molar-refractivity contribution in [2.75, 3.05) is 0 Å². The summed E-state index contributed by atoms with van der Waals surface area (Å²) in [4.78, 5) is 12.4. The topological polar surface area (TPSA) is 42.2 Å². The normalized spacial score (nSPS) is 12.4. The van der Waals surface area contributed by atoms with Gasteiger partial charge < -0.3 is 5.11 Å². The van der Waals surface area contributed by atoms with Crippen molar-refractivity contribution in [2.24, 2.45) is 5.92 Å². The Labute approximate surface area is 105 Å². The maximum Gasteiger partial charge on any atom is 0.320 e. The fourth-order valence-electron chi connectivity index (χ4n) is 1.25. The van der Waals surface area contributed by atoms with E-state index in [-0.39, 0.29) is 15.5 Å². The number of aromatic hydroxyl groups is 1. The van der Waals surface area contributed by atoms with Gasteiger partial charge in [0.2, 0.25) is 5.88 Å². The molecule has 3 nitrogen and oxygen atoms in total. The Kier molecular flexibility index (Phi) is 4.12. The highest BCUT2D eigenvalue weighted by Crippen LogP contribution is 2.32. The summed E-state index contributed by atoms with van der Waals surface area (Å²) in [7, 11) is 0. The molecule has 16 heavy (non-hydrogen) atoms. The minimum absolute atomic E-state index is 0.0858. The van der Waals surface area contributed by atoms with Gasteiger partial charge in [0.25, 0.3) is 0 Å². The van der Waals surface area contributed by atoms with Crippen LogP contribution in [-0.2, 0) is 6.42 Å². The van der Waals surface area contributed by atoms with E-state index in [2.05, 4.69) is 13.8 Å². The molecule has 0 fully saturated rings. The molecule has 0 spiro atoms. The van der Waals surface area contributed by atoms with E-state index in [4.69, 9.17) is 0 Å². The molecule has 0 saturated heterocycles. The summed E-state index contributed by atoms with van der Waals surface area (Å²) in [6.45, 7) is 10.2. The van der Waals surface area contributed by atoms with Gasteiger partial charge in [0.15, 0.2) is 0 Å². The molecule has 0 aliphatic heterocycles. The zero-order valence-electron chi connectivity index (χ0n) is 10.4. The molecule has 92 valence electrons. The number of hydrogen-bond acceptors (Lipinski definition) is 4. The highest BCUT2D eigenvalue weighted by atomic mass is 32.2. The summed E-state index contributed by atoms with van der Waals surface area (Å²) in [5.74, 6) is 0.570. The van der Waals surface area contributed by atoms with E-state index < -0.39 is 0 Å². The lowest BCUT2D eigenvalue weighted by molar-refractivity contribution is 0.439. The maximum absolute atomic E-state index is 11.7. The Morgan fingerprint density at radius 1 is 1.44 bits per heavy atom. The lowest BCUT2D eigenvalue weighted by Gasteiger charge is -2.17.